The molecule has 2 rings (SSSR count). The predicted octanol–water partition coefficient (Wildman–Crippen LogP) is 5.23. The summed E-state index contributed by atoms with van der Waals surface area (Å²) in [6.45, 7) is 5.30. The second kappa shape index (κ2) is 7.55. The number of anilines is 2. The maximum atomic E-state index is 6.38. The van der Waals surface area contributed by atoms with Gasteiger partial charge in [-0.05, 0) is 31.2 Å². The van der Waals surface area contributed by atoms with Gasteiger partial charge in [-0.3, -0.25) is 0 Å². The molecule has 0 spiro atoms. The van der Waals surface area contributed by atoms with Crippen LogP contribution in [-0.4, -0.2) is 24.6 Å². The van der Waals surface area contributed by atoms with Crippen molar-refractivity contribution in [3.05, 3.63) is 16.1 Å². The summed E-state index contributed by atoms with van der Waals surface area (Å²) in [6.07, 6.45) is 6.13. The Morgan fingerprint density at radius 2 is 2.00 bits per heavy atom. The number of aromatic nitrogens is 1. The largest absolute Gasteiger partial charge is 0.369 e. The second-order valence-corrected chi connectivity index (χ2v) is 6.81. The molecule has 1 saturated carbocycles. The van der Waals surface area contributed by atoms with Crippen LogP contribution >= 0.6 is 23.2 Å². The molecule has 1 aromatic heterocycles. The van der Waals surface area contributed by atoms with Crippen molar-refractivity contribution < 1.29 is 0 Å². The first-order valence-corrected chi connectivity index (χ1v) is 8.63. The molecular formula is C16H25Cl2N3. The Morgan fingerprint density at radius 1 is 1.29 bits per heavy atom. The van der Waals surface area contributed by atoms with E-state index in [0.717, 1.165) is 24.6 Å². The summed E-state index contributed by atoms with van der Waals surface area (Å²) in [4.78, 5) is 6.91. The molecule has 3 nitrogen and oxygen atoms in total. The van der Waals surface area contributed by atoms with E-state index in [2.05, 4.69) is 36.1 Å². The van der Waals surface area contributed by atoms with Crippen LogP contribution in [0.15, 0.2) is 6.07 Å². The number of pyridine rings is 1. The molecule has 1 N–H and O–H groups in total. The highest BCUT2D eigenvalue weighted by Gasteiger charge is 2.27. The van der Waals surface area contributed by atoms with Gasteiger partial charge in [0.25, 0.3) is 0 Å². The topological polar surface area (TPSA) is 28.2 Å². The zero-order valence-electron chi connectivity index (χ0n) is 13.1. The van der Waals surface area contributed by atoms with Crippen molar-refractivity contribution in [2.45, 2.75) is 52.0 Å². The highest BCUT2D eigenvalue weighted by atomic mass is 35.5. The molecule has 0 aliphatic heterocycles. The molecule has 1 heterocycles. The first kappa shape index (κ1) is 16.7. The molecular weight excluding hydrogens is 305 g/mol. The van der Waals surface area contributed by atoms with Crippen LogP contribution in [0.4, 0.5) is 11.6 Å². The van der Waals surface area contributed by atoms with Gasteiger partial charge >= 0.3 is 0 Å². The fourth-order valence-corrected chi connectivity index (χ4v) is 3.66. The Hall–Kier alpha value is -0.670. The Labute approximate surface area is 138 Å². The Balaban J connectivity index is 2.24. The first-order chi connectivity index (χ1) is 10.0. The maximum Gasteiger partial charge on any atom is 0.149 e. The van der Waals surface area contributed by atoms with Gasteiger partial charge < -0.3 is 10.2 Å². The van der Waals surface area contributed by atoms with Gasteiger partial charge in [0, 0.05) is 19.6 Å². The Morgan fingerprint density at radius 3 is 2.67 bits per heavy atom. The summed E-state index contributed by atoms with van der Waals surface area (Å²) in [5, 5.41) is 4.48. The number of hydrogen-bond donors (Lipinski definition) is 1. The highest BCUT2D eigenvalue weighted by molar-refractivity contribution is 6.37. The van der Waals surface area contributed by atoms with Gasteiger partial charge in [0.15, 0.2) is 0 Å². The van der Waals surface area contributed by atoms with Crippen molar-refractivity contribution in [2.24, 2.45) is 5.92 Å². The summed E-state index contributed by atoms with van der Waals surface area (Å²) in [5.41, 5.74) is 0. The predicted molar refractivity (Wildman–Crippen MR) is 92.9 cm³/mol. The molecule has 1 aliphatic carbocycles. The Kier molecular flexibility index (Phi) is 6.00. The summed E-state index contributed by atoms with van der Waals surface area (Å²) < 4.78 is 0. The van der Waals surface area contributed by atoms with Gasteiger partial charge in [0.1, 0.15) is 11.6 Å². The number of nitrogens with one attached hydrogen (secondary N) is 1. The van der Waals surface area contributed by atoms with E-state index in [1.165, 1.54) is 25.7 Å². The van der Waals surface area contributed by atoms with Crippen LogP contribution in [0.3, 0.4) is 0 Å². The van der Waals surface area contributed by atoms with E-state index in [0.29, 0.717) is 22.0 Å². The fraction of sp³-hybridized carbons (Fsp3) is 0.688. The number of halogens is 2. The van der Waals surface area contributed by atoms with Crippen molar-refractivity contribution >= 4 is 34.8 Å². The van der Waals surface area contributed by atoms with Gasteiger partial charge in [0.05, 0.1) is 10.0 Å². The highest BCUT2D eigenvalue weighted by Crippen LogP contribution is 2.35. The van der Waals surface area contributed by atoms with E-state index in [9.17, 15) is 0 Å². The van der Waals surface area contributed by atoms with E-state index < -0.39 is 0 Å². The Bertz CT molecular complexity index is 479. The lowest BCUT2D eigenvalue weighted by molar-refractivity contribution is 0.320. The minimum absolute atomic E-state index is 0.504. The van der Waals surface area contributed by atoms with Crippen LogP contribution in [0.1, 0.15) is 46.0 Å². The fourth-order valence-electron chi connectivity index (χ4n) is 3.10. The summed E-state index contributed by atoms with van der Waals surface area (Å²) in [5.74, 6) is 2.23. The van der Waals surface area contributed by atoms with E-state index in [1.807, 2.05) is 0 Å². The summed E-state index contributed by atoms with van der Waals surface area (Å²) in [7, 11) is 2.10. The molecule has 0 saturated heterocycles. The maximum absolute atomic E-state index is 6.38. The minimum Gasteiger partial charge on any atom is -0.369 e. The molecule has 1 fully saturated rings. The molecule has 0 bridgehead atoms. The van der Waals surface area contributed by atoms with Crippen LogP contribution in [0.2, 0.25) is 10.0 Å². The third-order valence-corrected chi connectivity index (χ3v) is 4.92. The molecule has 5 heteroatoms. The molecule has 2 unspecified atom stereocenters. The van der Waals surface area contributed by atoms with Crippen LogP contribution in [-0.2, 0) is 0 Å². The van der Waals surface area contributed by atoms with Crippen molar-refractivity contribution in [1.29, 1.82) is 0 Å². The van der Waals surface area contributed by atoms with Crippen LogP contribution in [0.5, 0.6) is 0 Å². The molecule has 2 atom stereocenters. The third-order valence-electron chi connectivity index (χ3n) is 4.35. The monoisotopic (exact) mass is 329 g/mol. The van der Waals surface area contributed by atoms with Crippen molar-refractivity contribution in [2.75, 3.05) is 23.8 Å². The van der Waals surface area contributed by atoms with Gasteiger partial charge in [-0.1, -0.05) is 49.9 Å². The normalized spacial score (nSPS) is 22.1. The molecule has 21 heavy (non-hydrogen) atoms. The van der Waals surface area contributed by atoms with E-state index >= 15 is 0 Å². The molecule has 1 aromatic rings. The summed E-state index contributed by atoms with van der Waals surface area (Å²) >= 11 is 12.6. The quantitative estimate of drug-likeness (QED) is 0.802. The number of hydrogen-bond acceptors (Lipinski definition) is 3. The minimum atomic E-state index is 0.504. The van der Waals surface area contributed by atoms with Gasteiger partial charge in [-0.2, -0.15) is 0 Å². The van der Waals surface area contributed by atoms with E-state index in [-0.39, 0.29) is 0 Å². The van der Waals surface area contributed by atoms with Crippen molar-refractivity contribution in [3.8, 4) is 0 Å². The zero-order chi connectivity index (χ0) is 15.4. The summed E-state index contributed by atoms with van der Waals surface area (Å²) in [6, 6.07) is 2.30. The van der Waals surface area contributed by atoms with Crippen molar-refractivity contribution in [1.82, 2.24) is 4.98 Å². The molecule has 0 aromatic carbocycles. The second-order valence-electron chi connectivity index (χ2n) is 5.99. The molecule has 0 radical (unpaired) electrons. The van der Waals surface area contributed by atoms with E-state index in [4.69, 9.17) is 23.2 Å². The lowest BCUT2D eigenvalue weighted by Crippen LogP contribution is -2.39. The van der Waals surface area contributed by atoms with Crippen LogP contribution in [0.25, 0.3) is 0 Å². The number of rotatable bonds is 5. The van der Waals surface area contributed by atoms with Crippen LogP contribution < -0.4 is 10.2 Å². The SMILES string of the molecule is CCCNc1nc(N(C)C2CCCCC2C)c(Cl)cc1Cl. The van der Waals surface area contributed by atoms with Gasteiger partial charge in [-0.25, -0.2) is 4.98 Å². The first-order valence-electron chi connectivity index (χ1n) is 7.87. The van der Waals surface area contributed by atoms with Gasteiger partial charge in [-0.15, -0.1) is 0 Å². The average molecular weight is 330 g/mol. The zero-order valence-corrected chi connectivity index (χ0v) is 14.6. The molecule has 0 amide bonds. The number of nitrogens with zero attached hydrogens (tertiary/aromatic N) is 2. The lowest BCUT2D eigenvalue weighted by atomic mass is 9.85. The standard InChI is InChI=1S/C16H25Cl2N3/c1-4-9-19-15-12(17)10-13(18)16(20-15)21(3)14-8-6-5-7-11(14)2/h10-11,14H,4-9H2,1-3H3,(H,19,20). The van der Waals surface area contributed by atoms with E-state index in [1.54, 1.807) is 6.07 Å². The smallest absolute Gasteiger partial charge is 0.149 e. The third kappa shape index (κ3) is 3.95. The van der Waals surface area contributed by atoms with Gasteiger partial charge in [0.2, 0.25) is 0 Å². The van der Waals surface area contributed by atoms with Crippen molar-refractivity contribution in [3.63, 3.8) is 0 Å². The molecule has 118 valence electrons. The average Bonchev–Trinajstić information content (AvgIpc) is 2.46. The van der Waals surface area contributed by atoms with Crippen LogP contribution in [0, 0.1) is 5.92 Å². The lowest BCUT2D eigenvalue weighted by Gasteiger charge is -2.37. The molecule has 1 aliphatic rings.